The van der Waals surface area contributed by atoms with Gasteiger partial charge in [0.25, 0.3) is 0 Å². The summed E-state index contributed by atoms with van der Waals surface area (Å²) in [4.78, 5) is 12.3. The molecule has 2 nitrogen and oxygen atoms in total. The number of aliphatic carboxylic acids is 1. The minimum absolute atomic E-state index is 0.0564. The molecule has 3 heteroatoms. The number of carbonyl (C=O) groups is 1. The van der Waals surface area contributed by atoms with Gasteiger partial charge in [-0.3, -0.25) is 4.79 Å². The van der Waals surface area contributed by atoms with Crippen LogP contribution in [0.25, 0.3) is 0 Å². The van der Waals surface area contributed by atoms with Gasteiger partial charge in [-0.1, -0.05) is 24.6 Å². The molecule has 0 amide bonds. The number of rotatable bonds is 5. The average Bonchev–Trinajstić information content (AvgIpc) is 3.04. The first kappa shape index (κ1) is 12.1. The summed E-state index contributed by atoms with van der Waals surface area (Å²) in [5, 5.41) is 9.83. The molecule has 0 aromatic heterocycles. The number of thioether (sulfide) groups is 1. The third kappa shape index (κ3) is 2.28. The topological polar surface area (TPSA) is 37.3 Å². The smallest absolute Gasteiger partial charge is 0.304 e. The second kappa shape index (κ2) is 4.61. The molecule has 0 spiro atoms. The molecule has 0 bridgehead atoms. The van der Waals surface area contributed by atoms with Crippen molar-refractivity contribution in [2.24, 2.45) is 0 Å². The van der Waals surface area contributed by atoms with Crippen molar-refractivity contribution in [3.8, 4) is 0 Å². The molecule has 0 unspecified atom stereocenters. The Morgan fingerprint density at radius 1 is 1.33 bits per heavy atom. The van der Waals surface area contributed by atoms with Gasteiger partial charge in [0.15, 0.2) is 0 Å². The van der Waals surface area contributed by atoms with Gasteiger partial charge in [-0.2, -0.15) is 0 Å². The Balaban J connectivity index is 1.84. The van der Waals surface area contributed by atoms with Gasteiger partial charge in [0, 0.05) is 15.6 Å². The van der Waals surface area contributed by atoms with E-state index in [4.69, 9.17) is 5.11 Å². The summed E-state index contributed by atoms with van der Waals surface area (Å²) < 4.78 is 0. The van der Waals surface area contributed by atoms with E-state index in [-0.39, 0.29) is 11.8 Å². The van der Waals surface area contributed by atoms with Gasteiger partial charge in [0.2, 0.25) is 0 Å². The lowest BCUT2D eigenvalue weighted by atomic mass is 9.92. The fraction of sp³-hybridized carbons (Fsp3) is 0.533. The van der Waals surface area contributed by atoms with Crippen LogP contribution >= 0.6 is 11.8 Å². The minimum Gasteiger partial charge on any atom is -0.481 e. The summed E-state index contributed by atoms with van der Waals surface area (Å²) >= 11 is 1.96. The summed E-state index contributed by atoms with van der Waals surface area (Å²) in [7, 11) is 0. The van der Waals surface area contributed by atoms with E-state index in [1.54, 1.807) is 0 Å². The predicted molar refractivity (Wildman–Crippen MR) is 73.1 cm³/mol. The summed E-state index contributed by atoms with van der Waals surface area (Å²) in [5.41, 5.74) is 1.23. The Morgan fingerprint density at radius 3 is 2.61 bits per heavy atom. The molecule has 3 rings (SSSR count). The van der Waals surface area contributed by atoms with Crippen LogP contribution in [-0.4, -0.2) is 16.3 Å². The SMILES string of the molecule is O=C(O)CC1(c2ccccc2SC2CCC2)CC1. The molecule has 0 saturated heterocycles. The van der Waals surface area contributed by atoms with Crippen molar-refractivity contribution >= 4 is 17.7 Å². The maximum Gasteiger partial charge on any atom is 0.304 e. The first-order valence-corrected chi connectivity index (χ1v) is 7.56. The molecule has 96 valence electrons. The number of carboxylic acid groups (broad SMARTS) is 1. The van der Waals surface area contributed by atoms with Crippen molar-refractivity contribution in [3.63, 3.8) is 0 Å². The second-order valence-electron chi connectivity index (χ2n) is 5.52. The molecule has 18 heavy (non-hydrogen) atoms. The first-order chi connectivity index (χ1) is 8.70. The lowest BCUT2D eigenvalue weighted by molar-refractivity contribution is -0.137. The maximum atomic E-state index is 11.0. The van der Waals surface area contributed by atoms with Crippen LogP contribution in [0.5, 0.6) is 0 Å². The van der Waals surface area contributed by atoms with Crippen LogP contribution in [0.4, 0.5) is 0 Å². The van der Waals surface area contributed by atoms with Gasteiger partial charge in [0.1, 0.15) is 0 Å². The zero-order chi connectivity index (χ0) is 12.6. The molecular weight excluding hydrogens is 244 g/mol. The Morgan fingerprint density at radius 2 is 2.06 bits per heavy atom. The van der Waals surface area contributed by atoms with Crippen LogP contribution in [0.1, 0.15) is 44.1 Å². The van der Waals surface area contributed by atoms with Gasteiger partial charge < -0.3 is 5.11 Å². The lowest BCUT2D eigenvalue weighted by Crippen LogP contribution is -2.16. The van der Waals surface area contributed by atoms with Crippen molar-refractivity contribution in [3.05, 3.63) is 29.8 Å². The van der Waals surface area contributed by atoms with E-state index in [0.717, 1.165) is 18.1 Å². The van der Waals surface area contributed by atoms with Crippen molar-refractivity contribution in [2.45, 2.75) is 54.1 Å². The van der Waals surface area contributed by atoms with Crippen molar-refractivity contribution in [1.82, 2.24) is 0 Å². The lowest BCUT2D eigenvalue weighted by Gasteiger charge is -2.27. The average molecular weight is 262 g/mol. The zero-order valence-electron chi connectivity index (χ0n) is 10.4. The van der Waals surface area contributed by atoms with E-state index >= 15 is 0 Å². The fourth-order valence-electron chi connectivity index (χ4n) is 2.66. The molecule has 0 heterocycles. The van der Waals surface area contributed by atoms with Crippen molar-refractivity contribution in [1.29, 1.82) is 0 Å². The van der Waals surface area contributed by atoms with Crippen LogP contribution in [0, 0.1) is 0 Å². The quantitative estimate of drug-likeness (QED) is 0.876. The molecule has 0 atom stereocenters. The molecule has 1 aromatic rings. The second-order valence-corrected chi connectivity index (χ2v) is 6.86. The number of hydrogen-bond acceptors (Lipinski definition) is 2. The highest BCUT2D eigenvalue weighted by Gasteiger charge is 2.47. The monoisotopic (exact) mass is 262 g/mol. The van der Waals surface area contributed by atoms with Crippen LogP contribution in [0.3, 0.4) is 0 Å². The molecule has 1 aromatic carbocycles. The van der Waals surface area contributed by atoms with E-state index < -0.39 is 5.97 Å². The molecule has 0 radical (unpaired) electrons. The third-order valence-corrected chi connectivity index (χ3v) is 5.56. The molecule has 2 saturated carbocycles. The fourth-order valence-corrected chi connectivity index (χ4v) is 4.15. The normalized spacial score (nSPS) is 21.3. The molecular formula is C15H18O2S. The van der Waals surface area contributed by atoms with Gasteiger partial charge in [-0.05, 0) is 37.3 Å². The highest BCUT2D eigenvalue weighted by molar-refractivity contribution is 8.00. The Labute approximate surface area is 112 Å². The highest BCUT2D eigenvalue weighted by Crippen LogP contribution is 2.54. The van der Waals surface area contributed by atoms with Gasteiger partial charge in [0.05, 0.1) is 6.42 Å². The van der Waals surface area contributed by atoms with E-state index in [2.05, 4.69) is 18.2 Å². The van der Waals surface area contributed by atoms with Crippen molar-refractivity contribution in [2.75, 3.05) is 0 Å². The summed E-state index contributed by atoms with van der Waals surface area (Å²) in [6.45, 7) is 0. The summed E-state index contributed by atoms with van der Waals surface area (Å²) in [6.07, 6.45) is 6.31. The third-order valence-electron chi connectivity index (χ3n) is 4.15. The number of carboxylic acids is 1. The van der Waals surface area contributed by atoms with Crippen LogP contribution < -0.4 is 0 Å². The number of hydrogen-bond donors (Lipinski definition) is 1. The highest BCUT2D eigenvalue weighted by atomic mass is 32.2. The van der Waals surface area contributed by atoms with Gasteiger partial charge in [-0.25, -0.2) is 0 Å². The van der Waals surface area contributed by atoms with Gasteiger partial charge >= 0.3 is 5.97 Å². The minimum atomic E-state index is -0.670. The van der Waals surface area contributed by atoms with Crippen molar-refractivity contribution < 1.29 is 9.90 Å². The number of benzene rings is 1. The Kier molecular flexibility index (Phi) is 3.10. The summed E-state index contributed by atoms with van der Waals surface area (Å²) in [5.74, 6) is -0.670. The van der Waals surface area contributed by atoms with E-state index in [0.29, 0.717) is 0 Å². The van der Waals surface area contributed by atoms with E-state index in [1.807, 2.05) is 17.8 Å². The largest absolute Gasteiger partial charge is 0.481 e. The molecule has 0 aliphatic heterocycles. The maximum absolute atomic E-state index is 11.0. The first-order valence-electron chi connectivity index (χ1n) is 6.68. The van der Waals surface area contributed by atoms with E-state index in [1.165, 1.54) is 29.7 Å². The van der Waals surface area contributed by atoms with Crippen LogP contribution in [0.2, 0.25) is 0 Å². The Bertz CT molecular complexity index is 461. The molecule has 2 aliphatic rings. The zero-order valence-corrected chi connectivity index (χ0v) is 11.2. The Hall–Kier alpha value is -0.960. The molecule has 2 fully saturated rings. The predicted octanol–water partition coefficient (Wildman–Crippen LogP) is 3.84. The molecule has 1 N–H and O–H groups in total. The van der Waals surface area contributed by atoms with Crippen LogP contribution in [-0.2, 0) is 10.2 Å². The molecule has 2 aliphatic carbocycles. The summed E-state index contributed by atoms with van der Waals surface area (Å²) in [6, 6.07) is 8.42. The van der Waals surface area contributed by atoms with Crippen LogP contribution in [0.15, 0.2) is 29.2 Å². The standard InChI is InChI=1S/C15H18O2S/c16-14(17)10-15(8-9-15)12-6-1-2-7-13(12)18-11-4-3-5-11/h1-2,6-7,11H,3-5,8-10H2,(H,16,17). The van der Waals surface area contributed by atoms with E-state index in [9.17, 15) is 4.79 Å². The van der Waals surface area contributed by atoms with Gasteiger partial charge in [-0.15, -0.1) is 11.8 Å².